The van der Waals surface area contributed by atoms with E-state index < -0.39 is 6.10 Å². The van der Waals surface area contributed by atoms with Crippen molar-refractivity contribution in [2.24, 2.45) is 0 Å². The first-order chi connectivity index (χ1) is 19.7. The maximum absolute atomic E-state index is 11.9. The summed E-state index contributed by atoms with van der Waals surface area (Å²) < 4.78 is 11.0. The first-order valence-corrected chi connectivity index (χ1v) is 18.1. The van der Waals surface area contributed by atoms with E-state index in [0.29, 0.717) is 19.6 Å². The zero-order chi connectivity index (χ0) is 29.2. The van der Waals surface area contributed by atoms with Crippen LogP contribution in [0.15, 0.2) is 0 Å². The monoisotopic (exact) mass is 569 g/mol. The second kappa shape index (κ2) is 34.6. The predicted molar refractivity (Wildman–Crippen MR) is 173 cm³/mol. The number of aliphatic hydroxyl groups excluding tert-OH is 1. The summed E-state index contributed by atoms with van der Waals surface area (Å²) in [6.07, 6.45) is 37.4. The van der Waals surface area contributed by atoms with Crippen molar-refractivity contribution in [1.82, 2.24) is 0 Å². The molecule has 0 heterocycles. The third kappa shape index (κ3) is 31.9. The second-order valence-electron chi connectivity index (χ2n) is 12.3. The third-order valence-electron chi connectivity index (χ3n) is 8.18. The van der Waals surface area contributed by atoms with Crippen molar-refractivity contribution in [1.29, 1.82) is 0 Å². The molecule has 0 aliphatic carbocycles. The average molecular weight is 569 g/mol. The van der Waals surface area contributed by atoms with Gasteiger partial charge in [0.25, 0.3) is 0 Å². The van der Waals surface area contributed by atoms with Gasteiger partial charge in [-0.1, -0.05) is 181 Å². The lowest BCUT2D eigenvalue weighted by Gasteiger charge is -2.15. The highest BCUT2D eigenvalue weighted by Gasteiger charge is 2.13. The van der Waals surface area contributed by atoms with E-state index in [-0.39, 0.29) is 12.6 Å². The Bertz CT molecular complexity index is 481. The number of unbranched alkanes of at least 4 members (excludes halogenated alkanes) is 26. The van der Waals surface area contributed by atoms with Gasteiger partial charge in [-0.25, -0.2) is 0 Å². The van der Waals surface area contributed by atoms with Gasteiger partial charge in [0.1, 0.15) is 6.10 Å². The molecule has 4 nitrogen and oxygen atoms in total. The van der Waals surface area contributed by atoms with Crippen LogP contribution in [0.25, 0.3) is 0 Å². The number of carbonyl (C=O) groups is 1. The Morgan fingerprint density at radius 1 is 0.500 bits per heavy atom. The highest BCUT2D eigenvalue weighted by molar-refractivity contribution is 5.69. The summed E-state index contributed by atoms with van der Waals surface area (Å²) in [6.45, 7) is 5.32. The summed E-state index contributed by atoms with van der Waals surface area (Å²) >= 11 is 0. The van der Waals surface area contributed by atoms with E-state index in [2.05, 4.69) is 13.8 Å². The fourth-order valence-corrected chi connectivity index (χ4v) is 5.45. The van der Waals surface area contributed by atoms with Gasteiger partial charge in [-0.05, 0) is 12.8 Å². The molecule has 0 spiro atoms. The molecule has 1 N–H and O–H groups in total. The van der Waals surface area contributed by atoms with Crippen LogP contribution < -0.4 is 0 Å². The number of rotatable bonds is 34. The lowest BCUT2D eigenvalue weighted by atomic mass is 10.0. The Hall–Kier alpha value is -0.610. The summed E-state index contributed by atoms with van der Waals surface area (Å²) in [5.74, 6) is -0.206. The molecule has 40 heavy (non-hydrogen) atoms. The van der Waals surface area contributed by atoms with Crippen molar-refractivity contribution < 1.29 is 19.4 Å². The maximum atomic E-state index is 11.9. The fraction of sp³-hybridized carbons (Fsp3) is 0.972. The minimum absolute atomic E-state index is 0.165. The first kappa shape index (κ1) is 39.4. The van der Waals surface area contributed by atoms with Crippen LogP contribution in [0.2, 0.25) is 0 Å². The smallest absolute Gasteiger partial charge is 0.306 e. The quantitative estimate of drug-likeness (QED) is 0.0619. The molecule has 0 rings (SSSR count). The molecule has 0 aromatic carbocycles. The van der Waals surface area contributed by atoms with Gasteiger partial charge in [0, 0.05) is 13.0 Å². The molecule has 0 radical (unpaired) electrons. The lowest BCUT2D eigenvalue weighted by Crippen LogP contribution is -2.27. The van der Waals surface area contributed by atoms with Gasteiger partial charge in [0.2, 0.25) is 0 Å². The zero-order valence-electron chi connectivity index (χ0n) is 27.4. The highest BCUT2D eigenvalue weighted by atomic mass is 16.6. The van der Waals surface area contributed by atoms with Gasteiger partial charge in [-0.3, -0.25) is 4.79 Å². The van der Waals surface area contributed by atoms with Crippen molar-refractivity contribution >= 4 is 5.97 Å². The van der Waals surface area contributed by atoms with E-state index in [0.717, 1.165) is 19.3 Å². The van der Waals surface area contributed by atoms with Gasteiger partial charge < -0.3 is 14.6 Å². The predicted octanol–water partition coefficient (Wildman–Crippen LogP) is 11.3. The normalized spacial score (nSPS) is 12.2. The number of aliphatic hydroxyl groups is 1. The number of ether oxygens (including phenoxy) is 2. The van der Waals surface area contributed by atoms with Gasteiger partial charge in [-0.15, -0.1) is 0 Å². The summed E-state index contributed by atoms with van der Waals surface area (Å²) in [5.41, 5.74) is 0. The molecule has 4 heteroatoms. The van der Waals surface area contributed by atoms with Crippen LogP contribution in [0.5, 0.6) is 0 Å². The Morgan fingerprint density at radius 3 is 1.18 bits per heavy atom. The molecular formula is C36H72O4. The molecule has 0 aromatic heterocycles. The van der Waals surface area contributed by atoms with Gasteiger partial charge in [0.05, 0.1) is 13.2 Å². The summed E-state index contributed by atoms with van der Waals surface area (Å²) in [6, 6.07) is 0. The second-order valence-corrected chi connectivity index (χ2v) is 12.3. The Morgan fingerprint density at radius 2 is 0.825 bits per heavy atom. The topological polar surface area (TPSA) is 55.8 Å². The van der Waals surface area contributed by atoms with E-state index in [1.165, 1.54) is 161 Å². The SMILES string of the molecule is CCCCCCCCCCCCCCCCCCCCCCCCOCC(CO)OC(=O)CCCCCCCC. The molecule has 0 amide bonds. The van der Waals surface area contributed by atoms with Crippen molar-refractivity contribution in [3.8, 4) is 0 Å². The third-order valence-corrected chi connectivity index (χ3v) is 8.18. The standard InChI is InChI=1S/C36H72O4/c1-3-5-7-9-11-12-13-14-15-16-17-18-19-20-21-22-23-24-25-26-28-30-32-39-34-35(33-37)40-36(38)31-29-27-10-8-6-4-2/h35,37H,3-34H2,1-2H3. The molecule has 0 fully saturated rings. The summed E-state index contributed by atoms with van der Waals surface area (Å²) in [7, 11) is 0. The maximum Gasteiger partial charge on any atom is 0.306 e. The largest absolute Gasteiger partial charge is 0.457 e. The Balaban J connectivity index is 3.27. The molecule has 0 aromatic rings. The van der Waals surface area contributed by atoms with Crippen molar-refractivity contribution in [3.63, 3.8) is 0 Å². The Labute approximate surface area is 251 Å². The fourth-order valence-electron chi connectivity index (χ4n) is 5.45. The average Bonchev–Trinajstić information content (AvgIpc) is 2.96. The van der Waals surface area contributed by atoms with E-state index in [1.807, 2.05) is 0 Å². The van der Waals surface area contributed by atoms with Crippen molar-refractivity contribution in [3.05, 3.63) is 0 Å². The number of esters is 1. The van der Waals surface area contributed by atoms with Crippen LogP contribution >= 0.6 is 0 Å². The van der Waals surface area contributed by atoms with E-state index >= 15 is 0 Å². The Kier molecular flexibility index (Phi) is 34.1. The molecule has 1 unspecified atom stereocenters. The minimum atomic E-state index is -0.521. The minimum Gasteiger partial charge on any atom is -0.457 e. The molecule has 240 valence electrons. The lowest BCUT2D eigenvalue weighted by molar-refractivity contribution is -0.154. The summed E-state index contributed by atoms with van der Waals surface area (Å²) in [4.78, 5) is 11.9. The van der Waals surface area contributed by atoms with E-state index in [9.17, 15) is 9.90 Å². The molecular weight excluding hydrogens is 496 g/mol. The van der Waals surface area contributed by atoms with Crippen LogP contribution in [-0.2, 0) is 14.3 Å². The molecule has 0 aliphatic heterocycles. The first-order valence-electron chi connectivity index (χ1n) is 18.1. The van der Waals surface area contributed by atoms with Crippen molar-refractivity contribution in [2.75, 3.05) is 19.8 Å². The van der Waals surface area contributed by atoms with Crippen LogP contribution in [0.3, 0.4) is 0 Å². The van der Waals surface area contributed by atoms with Gasteiger partial charge in [-0.2, -0.15) is 0 Å². The van der Waals surface area contributed by atoms with Crippen LogP contribution in [-0.4, -0.2) is 37.0 Å². The molecule has 0 aliphatic rings. The van der Waals surface area contributed by atoms with E-state index in [4.69, 9.17) is 9.47 Å². The molecule has 0 saturated heterocycles. The highest BCUT2D eigenvalue weighted by Crippen LogP contribution is 2.15. The van der Waals surface area contributed by atoms with Crippen LogP contribution in [0.4, 0.5) is 0 Å². The van der Waals surface area contributed by atoms with Crippen molar-refractivity contribution in [2.45, 2.75) is 206 Å². The zero-order valence-corrected chi connectivity index (χ0v) is 27.4. The number of hydrogen-bond donors (Lipinski definition) is 1. The number of hydrogen-bond acceptors (Lipinski definition) is 4. The summed E-state index contributed by atoms with van der Waals surface area (Å²) in [5, 5.41) is 9.47. The molecule has 0 saturated carbocycles. The van der Waals surface area contributed by atoms with Crippen LogP contribution in [0.1, 0.15) is 200 Å². The molecule has 1 atom stereocenters. The number of carbonyl (C=O) groups excluding carboxylic acids is 1. The van der Waals surface area contributed by atoms with Gasteiger partial charge >= 0.3 is 5.97 Å². The van der Waals surface area contributed by atoms with Crippen LogP contribution in [0, 0.1) is 0 Å². The van der Waals surface area contributed by atoms with Gasteiger partial charge in [0.15, 0.2) is 0 Å². The van der Waals surface area contributed by atoms with E-state index in [1.54, 1.807) is 0 Å². The molecule has 0 bridgehead atoms.